The van der Waals surface area contributed by atoms with E-state index in [0.29, 0.717) is 40.9 Å². The lowest BCUT2D eigenvalue weighted by Gasteiger charge is -2.26. The number of aromatic nitrogens is 2. The molecule has 180 valence electrons. The first-order valence-electron chi connectivity index (χ1n) is 11.3. The van der Waals surface area contributed by atoms with E-state index in [4.69, 9.17) is 32.7 Å². The number of morpholine rings is 1. The van der Waals surface area contributed by atoms with Crippen LogP contribution >= 0.6 is 23.2 Å². The Labute approximate surface area is 209 Å². The highest BCUT2D eigenvalue weighted by Gasteiger charge is 2.17. The maximum absolute atomic E-state index is 12.6. The third kappa shape index (κ3) is 6.51. The third-order valence-electron chi connectivity index (χ3n) is 5.74. The molecule has 0 atom stereocenters. The van der Waals surface area contributed by atoms with Crippen molar-refractivity contribution >= 4 is 34.8 Å². The van der Waals surface area contributed by atoms with E-state index >= 15 is 0 Å². The van der Waals surface area contributed by atoms with Crippen molar-refractivity contribution in [1.29, 1.82) is 0 Å². The molecule has 7 nitrogen and oxygen atoms in total. The average molecular weight is 503 g/mol. The summed E-state index contributed by atoms with van der Waals surface area (Å²) in [5.74, 6) is 0.621. The van der Waals surface area contributed by atoms with Gasteiger partial charge >= 0.3 is 0 Å². The number of anilines is 1. The predicted molar refractivity (Wildman–Crippen MR) is 135 cm³/mol. The van der Waals surface area contributed by atoms with E-state index in [2.05, 4.69) is 15.3 Å². The predicted octanol–water partition coefficient (Wildman–Crippen LogP) is 4.68. The van der Waals surface area contributed by atoms with Gasteiger partial charge in [0.25, 0.3) is 0 Å². The minimum absolute atomic E-state index is 0.0713. The van der Waals surface area contributed by atoms with Gasteiger partial charge in [-0.15, -0.1) is 0 Å². The van der Waals surface area contributed by atoms with Gasteiger partial charge in [-0.3, -0.25) is 14.4 Å². The van der Waals surface area contributed by atoms with Crippen molar-refractivity contribution in [1.82, 2.24) is 14.7 Å². The molecule has 9 heteroatoms. The highest BCUT2D eigenvalue weighted by molar-refractivity contribution is 6.33. The van der Waals surface area contributed by atoms with Crippen LogP contribution in [0.15, 0.2) is 48.7 Å². The van der Waals surface area contributed by atoms with E-state index < -0.39 is 0 Å². The molecule has 34 heavy (non-hydrogen) atoms. The Hall–Kier alpha value is -2.58. The second kappa shape index (κ2) is 11.7. The lowest BCUT2D eigenvalue weighted by Crippen LogP contribution is -2.38. The molecular weight excluding hydrogens is 475 g/mol. The number of benzene rings is 2. The molecule has 1 N–H and O–H groups in total. The number of hydrogen-bond acceptors (Lipinski definition) is 5. The van der Waals surface area contributed by atoms with Crippen molar-refractivity contribution in [2.24, 2.45) is 7.05 Å². The number of ether oxygens (including phenoxy) is 2. The van der Waals surface area contributed by atoms with Crippen molar-refractivity contribution in [3.63, 3.8) is 0 Å². The summed E-state index contributed by atoms with van der Waals surface area (Å²) in [5, 5.41) is 8.44. The number of carbonyl (C=O) groups is 1. The second-order valence-electron chi connectivity index (χ2n) is 8.15. The third-order valence-corrected chi connectivity index (χ3v) is 6.26. The molecule has 2 aromatic carbocycles. The van der Waals surface area contributed by atoms with E-state index in [1.54, 1.807) is 10.9 Å². The number of hydrogen-bond donors (Lipinski definition) is 1. The standard InChI is InChI=1S/C25H28Cl2N4O3/c1-30-25(22(27)17-28-30)21-16-20(29-24(32)9-4-18-2-5-19(26)6-3-18)7-8-23(21)34-15-12-31-10-13-33-14-11-31/h2-3,5-8,16-17H,4,9-15H2,1H3,(H,29,32). The molecular formula is C25H28Cl2N4O3. The van der Waals surface area contributed by atoms with E-state index in [1.165, 1.54) is 0 Å². The molecule has 2 heterocycles. The molecule has 3 aromatic rings. The highest BCUT2D eigenvalue weighted by Crippen LogP contribution is 2.36. The molecule has 1 aliphatic heterocycles. The van der Waals surface area contributed by atoms with Gasteiger partial charge in [-0.1, -0.05) is 35.3 Å². The quantitative estimate of drug-likeness (QED) is 0.460. The average Bonchev–Trinajstić information content (AvgIpc) is 3.18. The molecule has 0 unspecified atom stereocenters. The molecule has 1 saturated heterocycles. The van der Waals surface area contributed by atoms with E-state index in [0.717, 1.165) is 49.7 Å². The number of rotatable bonds is 9. The number of amides is 1. The van der Waals surface area contributed by atoms with Crippen LogP contribution in [0.2, 0.25) is 10.0 Å². The van der Waals surface area contributed by atoms with Gasteiger partial charge in [-0.05, 0) is 42.3 Å². The maximum atomic E-state index is 12.6. The Bertz CT molecular complexity index is 1090. The van der Waals surface area contributed by atoms with Crippen molar-refractivity contribution < 1.29 is 14.3 Å². The van der Waals surface area contributed by atoms with Crippen LogP contribution in [0, 0.1) is 0 Å². The molecule has 0 radical (unpaired) electrons. The Balaban J connectivity index is 1.45. The lowest BCUT2D eigenvalue weighted by atomic mass is 10.1. The summed E-state index contributed by atoms with van der Waals surface area (Å²) in [4.78, 5) is 14.9. The van der Waals surface area contributed by atoms with Crippen LogP contribution in [0.4, 0.5) is 5.69 Å². The fourth-order valence-corrected chi connectivity index (χ4v) is 4.27. The summed E-state index contributed by atoms with van der Waals surface area (Å²) in [6.07, 6.45) is 2.60. The zero-order valence-corrected chi connectivity index (χ0v) is 20.6. The van der Waals surface area contributed by atoms with Gasteiger partial charge in [0, 0.05) is 49.4 Å². The number of halogens is 2. The van der Waals surface area contributed by atoms with Gasteiger partial charge in [0.1, 0.15) is 12.4 Å². The molecule has 0 saturated carbocycles. The van der Waals surface area contributed by atoms with Crippen LogP contribution in [0.5, 0.6) is 5.75 Å². The SMILES string of the molecule is Cn1ncc(Cl)c1-c1cc(NC(=O)CCc2ccc(Cl)cc2)ccc1OCCN1CCOCC1. The normalized spacial score (nSPS) is 14.2. The summed E-state index contributed by atoms with van der Waals surface area (Å²) in [5.41, 5.74) is 3.25. The van der Waals surface area contributed by atoms with Crippen molar-refractivity contribution in [2.45, 2.75) is 12.8 Å². The van der Waals surface area contributed by atoms with Crippen LogP contribution in [0.25, 0.3) is 11.3 Å². The topological polar surface area (TPSA) is 68.6 Å². The smallest absolute Gasteiger partial charge is 0.224 e. The molecule has 0 aliphatic carbocycles. The molecule has 1 amide bonds. The van der Waals surface area contributed by atoms with Crippen LogP contribution in [-0.4, -0.2) is 60.0 Å². The zero-order chi connectivity index (χ0) is 23.9. The number of carbonyl (C=O) groups excluding carboxylic acids is 1. The van der Waals surface area contributed by atoms with Gasteiger partial charge in [0.15, 0.2) is 0 Å². The van der Waals surface area contributed by atoms with Crippen LogP contribution < -0.4 is 10.1 Å². The van der Waals surface area contributed by atoms with Crippen LogP contribution in [0.1, 0.15) is 12.0 Å². The Morgan fingerprint density at radius 3 is 2.62 bits per heavy atom. The number of nitrogens with one attached hydrogen (secondary N) is 1. The van der Waals surface area contributed by atoms with Crippen molar-refractivity contribution in [3.05, 3.63) is 64.3 Å². The Kier molecular flexibility index (Phi) is 8.45. The highest BCUT2D eigenvalue weighted by atomic mass is 35.5. The monoisotopic (exact) mass is 502 g/mol. The van der Waals surface area contributed by atoms with Crippen molar-refractivity contribution in [2.75, 3.05) is 44.8 Å². The minimum Gasteiger partial charge on any atom is -0.492 e. The Morgan fingerprint density at radius 2 is 1.91 bits per heavy atom. The first-order valence-corrected chi connectivity index (χ1v) is 12.0. The van der Waals surface area contributed by atoms with E-state index in [9.17, 15) is 4.79 Å². The summed E-state index contributed by atoms with van der Waals surface area (Å²) in [6.45, 7) is 4.67. The molecule has 1 fully saturated rings. The first kappa shape index (κ1) is 24.5. The summed E-state index contributed by atoms with van der Waals surface area (Å²) >= 11 is 12.4. The zero-order valence-electron chi connectivity index (χ0n) is 19.1. The van der Waals surface area contributed by atoms with Gasteiger partial charge in [-0.2, -0.15) is 5.10 Å². The van der Waals surface area contributed by atoms with Gasteiger partial charge in [0.2, 0.25) is 5.91 Å². The van der Waals surface area contributed by atoms with Gasteiger partial charge in [0.05, 0.1) is 30.1 Å². The first-order chi connectivity index (χ1) is 16.5. The second-order valence-corrected chi connectivity index (χ2v) is 9.00. The fraction of sp³-hybridized carbons (Fsp3) is 0.360. The lowest BCUT2D eigenvalue weighted by molar-refractivity contribution is -0.116. The van der Waals surface area contributed by atoms with E-state index in [-0.39, 0.29) is 5.91 Å². The summed E-state index contributed by atoms with van der Waals surface area (Å²) < 4.78 is 13.3. The largest absolute Gasteiger partial charge is 0.492 e. The molecule has 1 aliphatic rings. The molecule has 0 bridgehead atoms. The van der Waals surface area contributed by atoms with Gasteiger partial charge in [-0.25, -0.2) is 0 Å². The number of aryl methyl sites for hydroxylation is 2. The summed E-state index contributed by atoms with van der Waals surface area (Å²) in [6, 6.07) is 13.1. The number of nitrogens with zero attached hydrogens (tertiary/aromatic N) is 3. The van der Waals surface area contributed by atoms with Crippen LogP contribution in [0.3, 0.4) is 0 Å². The van der Waals surface area contributed by atoms with Gasteiger partial charge < -0.3 is 14.8 Å². The molecule has 4 rings (SSSR count). The summed E-state index contributed by atoms with van der Waals surface area (Å²) in [7, 11) is 1.83. The fourth-order valence-electron chi connectivity index (χ4n) is 3.87. The van der Waals surface area contributed by atoms with Crippen LogP contribution in [-0.2, 0) is 23.0 Å². The van der Waals surface area contributed by atoms with Crippen molar-refractivity contribution in [3.8, 4) is 17.0 Å². The van der Waals surface area contributed by atoms with E-state index in [1.807, 2.05) is 49.5 Å². The minimum atomic E-state index is -0.0713. The maximum Gasteiger partial charge on any atom is 0.224 e. The Morgan fingerprint density at radius 1 is 1.15 bits per heavy atom. The molecule has 1 aromatic heterocycles. The molecule has 0 spiro atoms.